The summed E-state index contributed by atoms with van der Waals surface area (Å²) in [5.74, 6) is 0. The summed E-state index contributed by atoms with van der Waals surface area (Å²) in [7, 11) is 2.14. The fourth-order valence-electron chi connectivity index (χ4n) is 3.57. The first-order valence-corrected chi connectivity index (χ1v) is 9.40. The molecule has 0 amide bonds. The number of hydrogen-bond donors (Lipinski definition) is 0. The second-order valence-corrected chi connectivity index (χ2v) is 8.61. The normalized spacial score (nSPS) is 11.6. The number of aryl methyl sites for hydroxylation is 3. The molecule has 0 aliphatic carbocycles. The Morgan fingerprint density at radius 3 is 2.19 bits per heavy atom. The molecule has 0 bridgehead atoms. The van der Waals surface area contributed by atoms with Gasteiger partial charge in [0.1, 0.15) is 7.05 Å². The zero-order chi connectivity index (χ0) is 18.9. The molecule has 0 aliphatic rings. The van der Waals surface area contributed by atoms with Gasteiger partial charge in [0, 0.05) is 17.7 Å². The van der Waals surface area contributed by atoms with Crippen LogP contribution in [0.5, 0.6) is 0 Å². The van der Waals surface area contributed by atoms with Crippen molar-refractivity contribution in [2.45, 2.75) is 41.0 Å². The molecule has 2 aromatic carbocycles. The van der Waals surface area contributed by atoms with Crippen LogP contribution in [0.2, 0.25) is 0 Å². The molecule has 26 heavy (non-hydrogen) atoms. The van der Waals surface area contributed by atoms with Gasteiger partial charge >= 0.3 is 0 Å². The maximum Gasteiger partial charge on any atom is 0.212 e. The lowest BCUT2D eigenvalue weighted by Gasteiger charge is -2.18. The minimum atomic E-state index is 0.287. The van der Waals surface area contributed by atoms with E-state index in [9.17, 15) is 0 Å². The van der Waals surface area contributed by atoms with Crippen LogP contribution in [-0.4, -0.2) is 0 Å². The van der Waals surface area contributed by atoms with Crippen molar-refractivity contribution in [3.8, 4) is 22.4 Å². The second kappa shape index (κ2) is 7.07. The molecular formula is C25H30N+. The van der Waals surface area contributed by atoms with Crippen molar-refractivity contribution < 1.29 is 4.57 Å². The molecule has 1 heterocycles. The average Bonchev–Trinajstić information content (AvgIpc) is 2.57. The Kier molecular flexibility index (Phi) is 5.00. The molecule has 1 aromatic heterocycles. The molecule has 0 unspecified atom stereocenters. The van der Waals surface area contributed by atoms with Gasteiger partial charge in [-0.25, -0.2) is 4.57 Å². The van der Waals surface area contributed by atoms with E-state index in [1.165, 1.54) is 39.1 Å². The van der Waals surface area contributed by atoms with E-state index in [4.69, 9.17) is 0 Å². The predicted molar refractivity (Wildman–Crippen MR) is 111 cm³/mol. The van der Waals surface area contributed by atoms with Crippen LogP contribution in [0, 0.1) is 19.3 Å². The van der Waals surface area contributed by atoms with Gasteiger partial charge in [-0.15, -0.1) is 0 Å². The Morgan fingerprint density at radius 1 is 0.808 bits per heavy atom. The molecule has 3 aromatic rings. The fourth-order valence-corrected chi connectivity index (χ4v) is 3.57. The van der Waals surface area contributed by atoms with Gasteiger partial charge in [0.25, 0.3) is 0 Å². The monoisotopic (exact) mass is 344 g/mol. The molecule has 0 atom stereocenters. The number of rotatable bonds is 3. The van der Waals surface area contributed by atoms with Crippen molar-refractivity contribution in [3.63, 3.8) is 0 Å². The van der Waals surface area contributed by atoms with Gasteiger partial charge in [-0.1, -0.05) is 57.2 Å². The average molecular weight is 345 g/mol. The summed E-state index contributed by atoms with van der Waals surface area (Å²) in [5.41, 5.74) is 9.48. The number of nitrogens with zero attached hydrogens (tertiary/aromatic N) is 1. The summed E-state index contributed by atoms with van der Waals surface area (Å²) in [6.45, 7) is 11.3. The van der Waals surface area contributed by atoms with Crippen LogP contribution in [0.4, 0.5) is 0 Å². The number of pyridine rings is 1. The van der Waals surface area contributed by atoms with Crippen LogP contribution < -0.4 is 4.57 Å². The van der Waals surface area contributed by atoms with Gasteiger partial charge in [0.15, 0.2) is 6.20 Å². The van der Waals surface area contributed by atoms with E-state index in [2.05, 4.69) is 107 Å². The zero-order valence-electron chi connectivity index (χ0n) is 16.9. The summed E-state index contributed by atoms with van der Waals surface area (Å²) >= 11 is 0. The molecule has 0 fully saturated rings. The summed E-state index contributed by atoms with van der Waals surface area (Å²) in [5, 5.41) is 0. The van der Waals surface area contributed by atoms with Crippen molar-refractivity contribution in [2.75, 3.05) is 0 Å². The molecule has 134 valence electrons. The van der Waals surface area contributed by atoms with Crippen LogP contribution in [0.3, 0.4) is 0 Å². The third kappa shape index (κ3) is 4.04. The topological polar surface area (TPSA) is 3.88 Å². The van der Waals surface area contributed by atoms with Gasteiger partial charge in [0.2, 0.25) is 5.69 Å². The van der Waals surface area contributed by atoms with E-state index >= 15 is 0 Å². The highest BCUT2D eigenvalue weighted by atomic mass is 14.9. The highest BCUT2D eigenvalue weighted by molar-refractivity contribution is 5.74. The lowest BCUT2D eigenvalue weighted by Crippen LogP contribution is -2.31. The summed E-state index contributed by atoms with van der Waals surface area (Å²) in [6, 6.07) is 20.0. The first kappa shape index (κ1) is 18.4. The van der Waals surface area contributed by atoms with E-state index in [-0.39, 0.29) is 5.41 Å². The van der Waals surface area contributed by atoms with Crippen molar-refractivity contribution in [1.29, 1.82) is 0 Å². The lowest BCUT2D eigenvalue weighted by atomic mass is 9.87. The van der Waals surface area contributed by atoms with Crippen LogP contribution >= 0.6 is 0 Å². The van der Waals surface area contributed by atoms with Crippen LogP contribution in [0.15, 0.2) is 60.8 Å². The molecule has 0 saturated heterocycles. The Morgan fingerprint density at radius 2 is 1.50 bits per heavy atom. The third-order valence-corrected chi connectivity index (χ3v) is 4.92. The Bertz CT molecular complexity index is 929. The first-order chi connectivity index (χ1) is 12.2. The van der Waals surface area contributed by atoms with E-state index in [0.29, 0.717) is 0 Å². The van der Waals surface area contributed by atoms with E-state index < -0.39 is 0 Å². The minimum Gasteiger partial charge on any atom is -0.201 e. The summed E-state index contributed by atoms with van der Waals surface area (Å²) < 4.78 is 2.23. The molecule has 3 rings (SSSR count). The second-order valence-electron chi connectivity index (χ2n) is 8.61. The van der Waals surface area contributed by atoms with Crippen LogP contribution in [0.25, 0.3) is 22.4 Å². The number of benzene rings is 2. The van der Waals surface area contributed by atoms with Crippen molar-refractivity contribution >= 4 is 0 Å². The molecule has 0 N–H and O–H groups in total. The summed E-state index contributed by atoms with van der Waals surface area (Å²) in [6.07, 6.45) is 3.27. The Hall–Kier alpha value is -2.41. The van der Waals surface area contributed by atoms with Gasteiger partial charge in [-0.2, -0.15) is 0 Å². The fraction of sp³-hybridized carbons (Fsp3) is 0.320. The van der Waals surface area contributed by atoms with E-state index in [1.807, 2.05) is 0 Å². The Balaban J connectivity index is 2.11. The number of hydrogen-bond acceptors (Lipinski definition) is 0. The molecule has 0 spiro atoms. The smallest absolute Gasteiger partial charge is 0.201 e. The molecule has 0 saturated carbocycles. The zero-order valence-corrected chi connectivity index (χ0v) is 16.9. The maximum absolute atomic E-state index is 2.36. The van der Waals surface area contributed by atoms with E-state index in [0.717, 1.165) is 6.42 Å². The molecule has 0 radical (unpaired) electrons. The van der Waals surface area contributed by atoms with Crippen molar-refractivity contribution in [1.82, 2.24) is 0 Å². The Labute approximate surface area is 158 Å². The quantitative estimate of drug-likeness (QED) is 0.509. The third-order valence-electron chi connectivity index (χ3n) is 4.92. The number of aromatic nitrogens is 1. The van der Waals surface area contributed by atoms with Gasteiger partial charge in [-0.3, -0.25) is 0 Å². The predicted octanol–water partition coefficient (Wildman–Crippen LogP) is 6.05. The standard InChI is InChI=1S/C25H30N/c1-18-9-7-8-10-22(18)21-12-11-19(2)23(16-21)24-15-20(13-14-26(24)6)17-25(3,4)5/h7-16H,17H2,1-6H3/q+1. The van der Waals surface area contributed by atoms with Gasteiger partial charge < -0.3 is 0 Å². The largest absolute Gasteiger partial charge is 0.212 e. The summed E-state index contributed by atoms with van der Waals surface area (Å²) in [4.78, 5) is 0. The highest BCUT2D eigenvalue weighted by Crippen LogP contribution is 2.30. The first-order valence-electron chi connectivity index (χ1n) is 9.40. The molecule has 1 heteroatoms. The van der Waals surface area contributed by atoms with Crippen molar-refractivity contribution in [2.24, 2.45) is 12.5 Å². The van der Waals surface area contributed by atoms with Crippen LogP contribution in [0.1, 0.15) is 37.5 Å². The molecule has 1 nitrogen and oxygen atoms in total. The van der Waals surface area contributed by atoms with Gasteiger partial charge in [0.05, 0.1) is 0 Å². The molecule has 0 aliphatic heterocycles. The van der Waals surface area contributed by atoms with Gasteiger partial charge in [-0.05, 0) is 59.6 Å². The SMILES string of the molecule is Cc1ccccc1-c1ccc(C)c(-c2cc(CC(C)(C)C)cc[n+]2C)c1. The lowest BCUT2D eigenvalue weighted by molar-refractivity contribution is -0.660. The minimum absolute atomic E-state index is 0.287. The van der Waals surface area contributed by atoms with Crippen LogP contribution in [-0.2, 0) is 13.5 Å². The molecular weight excluding hydrogens is 314 g/mol. The highest BCUT2D eigenvalue weighted by Gasteiger charge is 2.18. The van der Waals surface area contributed by atoms with E-state index in [1.54, 1.807) is 0 Å². The maximum atomic E-state index is 2.36. The van der Waals surface area contributed by atoms with Crippen molar-refractivity contribution in [3.05, 3.63) is 77.5 Å².